The number of nitrogens with one attached hydrogen (secondary N) is 1. The molecule has 0 aliphatic carbocycles. The van der Waals surface area contributed by atoms with Crippen LogP contribution in [0.3, 0.4) is 0 Å². The second-order valence-electron chi connectivity index (χ2n) is 4.28. The minimum absolute atomic E-state index is 0.206. The maximum Gasteiger partial charge on any atom is 0.252 e. The van der Waals surface area contributed by atoms with E-state index in [1.165, 1.54) is 12.3 Å². The number of amides is 1. The number of halogens is 2. The summed E-state index contributed by atoms with van der Waals surface area (Å²) in [5.74, 6) is 0.439. The molecule has 0 saturated carbocycles. The van der Waals surface area contributed by atoms with Crippen LogP contribution in [0.15, 0.2) is 12.3 Å². The Kier molecular flexibility index (Phi) is 5.72. The molecule has 1 aromatic heterocycles. The van der Waals surface area contributed by atoms with Gasteiger partial charge in [-0.25, -0.2) is 4.98 Å². The van der Waals surface area contributed by atoms with Crippen molar-refractivity contribution in [2.24, 2.45) is 5.92 Å². The number of hydrogen-bond donors (Lipinski definition) is 1. The van der Waals surface area contributed by atoms with Gasteiger partial charge in [-0.15, -0.1) is 0 Å². The molecule has 1 heterocycles. The molecule has 1 aromatic rings. The number of pyridine rings is 1. The highest BCUT2D eigenvalue weighted by molar-refractivity contribution is 6.35. The smallest absolute Gasteiger partial charge is 0.252 e. The second-order valence-corrected chi connectivity index (χ2v) is 5.07. The van der Waals surface area contributed by atoms with Gasteiger partial charge in [0, 0.05) is 12.7 Å². The van der Waals surface area contributed by atoms with Gasteiger partial charge >= 0.3 is 0 Å². The molecule has 1 rings (SSSR count). The van der Waals surface area contributed by atoms with Crippen LogP contribution >= 0.6 is 23.2 Å². The molecule has 0 radical (unpaired) electrons. The number of nitrogens with zero attached hydrogens (tertiary/aromatic N) is 1. The van der Waals surface area contributed by atoms with Crippen molar-refractivity contribution in [1.29, 1.82) is 0 Å². The third-order valence-electron chi connectivity index (χ3n) is 2.31. The maximum absolute atomic E-state index is 11.8. The Morgan fingerprint density at radius 2 is 2.18 bits per heavy atom. The average molecular weight is 275 g/mol. The lowest BCUT2D eigenvalue weighted by atomic mass is 10.1. The monoisotopic (exact) mass is 274 g/mol. The van der Waals surface area contributed by atoms with E-state index >= 15 is 0 Å². The van der Waals surface area contributed by atoms with E-state index in [2.05, 4.69) is 24.1 Å². The van der Waals surface area contributed by atoms with Crippen molar-refractivity contribution in [2.75, 3.05) is 6.54 Å². The normalized spacial score (nSPS) is 10.6. The van der Waals surface area contributed by atoms with Crippen LogP contribution in [-0.2, 0) is 0 Å². The molecule has 0 saturated heterocycles. The summed E-state index contributed by atoms with van der Waals surface area (Å²) in [6.07, 6.45) is 3.43. The fourth-order valence-electron chi connectivity index (χ4n) is 1.39. The molecular formula is C12H16Cl2N2O. The summed E-state index contributed by atoms with van der Waals surface area (Å²) >= 11 is 11.6. The summed E-state index contributed by atoms with van der Waals surface area (Å²) in [5.41, 5.74) is 0.371. The molecule has 0 atom stereocenters. The van der Waals surface area contributed by atoms with Crippen molar-refractivity contribution in [3.8, 4) is 0 Å². The lowest BCUT2D eigenvalue weighted by Crippen LogP contribution is -2.25. The van der Waals surface area contributed by atoms with E-state index in [1.54, 1.807) is 0 Å². The summed E-state index contributed by atoms with van der Waals surface area (Å²) in [7, 11) is 0. The fraction of sp³-hybridized carbons (Fsp3) is 0.500. The largest absolute Gasteiger partial charge is 0.352 e. The van der Waals surface area contributed by atoms with Gasteiger partial charge in [0.05, 0.1) is 10.6 Å². The lowest BCUT2D eigenvalue weighted by Gasteiger charge is -2.08. The fourth-order valence-corrected chi connectivity index (χ4v) is 1.74. The first-order chi connectivity index (χ1) is 8.00. The number of aromatic nitrogens is 1. The number of rotatable bonds is 5. The van der Waals surface area contributed by atoms with E-state index < -0.39 is 0 Å². The van der Waals surface area contributed by atoms with Gasteiger partial charge in [-0.05, 0) is 24.8 Å². The molecule has 0 aliphatic rings. The molecule has 0 aliphatic heterocycles. The molecule has 0 aromatic carbocycles. The third kappa shape index (κ3) is 4.92. The first-order valence-electron chi connectivity index (χ1n) is 5.60. The molecule has 94 valence electrons. The summed E-state index contributed by atoms with van der Waals surface area (Å²) in [6.45, 7) is 4.95. The van der Waals surface area contributed by atoms with Gasteiger partial charge < -0.3 is 5.32 Å². The SMILES string of the molecule is CC(C)CCCNC(=O)c1cc(Cl)ncc1Cl. The van der Waals surface area contributed by atoms with Crippen molar-refractivity contribution in [3.63, 3.8) is 0 Å². The molecule has 0 bridgehead atoms. The zero-order valence-corrected chi connectivity index (χ0v) is 11.5. The molecule has 0 spiro atoms. The van der Waals surface area contributed by atoms with Crippen molar-refractivity contribution in [1.82, 2.24) is 10.3 Å². The highest BCUT2D eigenvalue weighted by atomic mass is 35.5. The predicted octanol–water partition coefficient (Wildman–Crippen LogP) is 3.55. The second kappa shape index (κ2) is 6.82. The Labute approximate surface area is 112 Å². The van der Waals surface area contributed by atoms with E-state index in [9.17, 15) is 4.79 Å². The van der Waals surface area contributed by atoms with Crippen molar-refractivity contribution < 1.29 is 4.79 Å². The minimum Gasteiger partial charge on any atom is -0.352 e. The van der Waals surface area contributed by atoms with Crippen molar-refractivity contribution >= 4 is 29.1 Å². The van der Waals surface area contributed by atoms with E-state index in [0.717, 1.165) is 12.8 Å². The Morgan fingerprint density at radius 1 is 1.47 bits per heavy atom. The molecule has 3 nitrogen and oxygen atoms in total. The third-order valence-corrected chi connectivity index (χ3v) is 2.82. The quantitative estimate of drug-likeness (QED) is 0.659. The van der Waals surface area contributed by atoms with Gasteiger partial charge in [0.1, 0.15) is 5.15 Å². The Hall–Kier alpha value is -0.800. The van der Waals surface area contributed by atoms with E-state index in [-0.39, 0.29) is 11.1 Å². The van der Waals surface area contributed by atoms with Gasteiger partial charge in [0.25, 0.3) is 5.91 Å². The lowest BCUT2D eigenvalue weighted by molar-refractivity contribution is 0.0952. The molecule has 0 unspecified atom stereocenters. The summed E-state index contributed by atoms with van der Waals surface area (Å²) in [4.78, 5) is 15.6. The van der Waals surface area contributed by atoms with Gasteiger partial charge in [-0.3, -0.25) is 4.79 Å². The summed E-state index contributed by atoms with van der Waals surface area (Å²) < 4.78 is 0. The molecule has 5 heteroatoms. The van der Waals surface area contributed by atoms with E-state index in [1.807, 2.05) is 0 Å². The molecule has 1 amide bonds. The number of carbonyl (C=O) groups is 1. The van der Waals surface area contributed by atoms with Crippen LogP contribution in [0, 0.1) is 5.92 Å². The number of carbonyl (C=O) groups excluding carboxylic acids is 1. The molecule has 17 heavy (non-hydrogen) atoms. The van der Waals surface area contributed by atoms with Crippen LogP contribution in [0.4, 0.5) is 0 Å². The number of hydrogen-bond acceptors (Lipinski definition) is 2. The first kappa shape index (κ1) is 14.3. The maximum atomic E-state index is 11.8. The van der Waals surface area contributed by atoms with Gasteiger partial charge in [-0.2, -0.15) is 0 Å². The first-order valence-corrected chi connectivity index (χ1v) is 6.35. The van der Waals surface area contributed by atoms with Crippen LogP contribution in [0.5, 0.6) is 0 Å². The van der Waals surface area contributed by atoms with Crippen LogP contribution in [-0.4, -0.2) is 17.4 Å². The van der Waals surface area contributed by atoms with Crippen LogP contribution in [0.2, 0.25) is 10.2 Å². The Balaban J connectivity index is 2.49. The molecule has 0 fully saturated rings. The van der Waals surface area contributed by atoms with E-state index in [0.29, 0.717) is 23.0 Å². The van der Waals surface area contributed by atoms with Crippen LogP contribution < -0.4 is 5.32 Å². The zero-order chi connectivity index (χ0) is 12.8. The van der Waals surface area contributed by atoms with Gasteiger partial charge in [-0.1, -0.05) is 37.0 Å². The highest BCUT2D eigenvalue weighted by Gasteiger charge is 2.10. The molecule has 1 N–H and O–H groups in total. The highest BCUT2D eigenvalue weighted by Crippen LogP contribution is 2.17. The van der Waals surface area contributed by atoms with Crippen LogP contribution in [0.25, 0.3) is 0 Å². The minimum atomic E-state index is -0.206. The van der Waals surface area contributed by atoms with Crippen molar-refractivity contribution in [2.45, 2.75) is 26.7 Å². The van der Waals surface area contributed by atoms with Gasteiger partial charge in [0.2, 0.25) is 0 Å². The van der Waals surface area contributed by atoms with E-state index in [4.69, 9.17) is 23.2 Å². The Morgan fingerprint density at radius 3 is 2.82 bits per heavy atom. The summed E-state index contributed by atoms with van der Waals surface area (Å²) in [6, 6.07) is 1.47. The standard InChI is InChI=1S/C12H16Cl2N2O/c1-8(2)4-3-5-15-12(17)9-6-11(14)16-7-10(9)13/h6-8H,3-5H2,1-2H3,(H,15,17). The topological polar surface area (TPSA) is 42.0 Å². The summed E-state index contributed by atoms with van der Waals surface area (Å²) in [5, 5.41) is 3.39. The van der Waals surface area contributed by atoms with Gasteiger partial charge in [0.15, 0.2) is 0 Å². The molecular weight excluding hydrogens is 259 g/mol. The van der Waals surface area contributed by atoms with Crippen molar-refractivity contribution in [3.05, 3.63) is 28.0 Å². The predicted molar refractivity (Wildman–Crippen MR) is 70.7 cm³/mol. The average Bonchev–Trinajstić information content (AvgIpc) is 2.27. The zero-order valence-electron chi connectivity index (χ0n) is 9.96. The Bertz CT molecular complexity index is 394. The van der Waals surface area contributed by atoms with Crippen LogP contribution in [0.1, 0.15) is 37.0 Å².